The van der Waals surface area contributed by atoms with E-state index in [0.29, 0.717) is 5.57 Å². The Morgan fingerprint density at radius 2 is 1.12 bits per heavy atom. The molecule has 0 bridgehead atoms. The van der Waals surface area contributed by atoms with Gasteiger partial charge in [0, 0.05) is 11.1 Å². The van der Waals surface area contributed by atoms with Gasteiger partial charge in [-0.05, 0) is 18.1 Å². The predicted molar refractivity (Wildman–Crippen MR) is 98.8 cm³/mol. The molecule has 0 N–H and O–H groups in total. The minimum Gasteiger partial charge on any atom is -0.441 e. The first-order valence-corrected chi connectivity index (χ1v) is 8.34. The Hall–Kier alpha value is -3.13. The van der Waals surface area contributed by atoms with Gasteiger partial charge < -0.3 is 4.74 Å². The van der Waals surface area contributed by atoms with Crippen LogP contribution in [-0.4, -0.2) is 5.97 Å². The van der Waals surface area contributed by atoms with Crippen molar-refractivity contribution in [2.24, 2.45) is 0 Å². The lowest BCUT2D eigenvalue weighted by Gasteiger charge is -2.31. The molecule has 3 aromatic rings. The minimum atomic E-state index is -0.884. The molecule has 122 valence electrons. The number of rotatable bonds is 3. The van der Waals surface area contributed by atoms with E-state index in [1.807, 2.05) is 97.9 Å². The second-order valence-electron chi connectivity index (χ2n) is 6.17. The van der Waals surface area contributed by atoms with E-state index in [9.17, 15) is 4.79 Å². The van der Waals surface area contributed by atoms with Crippen LogP contribution in [0.2, 0.25) is 0 Å². The Morgan fingerprint density at radius 1 is 0.680 bits per heavy atom. The number of esters is 1. The van der Waals surface area contributed by atoms with Crippen molar-refractivity contribution >= 4 is 11.5 Å². The zero-order valence-corrected chi connectivity index (χ0v) is 14.0. The molecule has 1 aliphatic heterocycles. The number of hydrogen-bond acceptors (Lipinski definition) is 2. The van der Waals surface area contributed by atoms with Crippen molar-refractivity contribution in [1.82, 2.24) is 0 Å². The minimum absolute atomic E-state index is 0.281. The van der Waals surface area contributed by atoms with Gasteiger partial charge in [-0.1, -0.05) is 91.0 Å². The predicted octanol–water partition coefficient (Wildman–Crippen LogP) is 4.96. The maximum atomic E-state index is 12.9. The SMILES string of the molecule is CC1=C(c2ccccc2)C(=O)OC1(c1ccccc1)c1ccccc1. The van der Waals surface area contributed by atoms with E-state index >= 15 is 0 Å². The van der Waals surface area contributed by atoms with Gasteiger partial charge in [0.15, 0.2) is 5.60 Å². The van der Waals surface area contributed by atoms with Crippen molar-refractivity contribution in [2.45, 2.75) is 12.5 Å². The molecular formula is C23H18O2. The third kappa shape index (κ3) is 2.38. The summed E-state index contributed by atoms with van der Waals surface area (Å²) in [6.45, 7) is 1.99. The van der Waals surface area contributed by atoms with E-state index in [0.717, 1.165) is 22.3 Å². The standard InChI is InChI=1S/C23H18O2/c1-17-21(18-11-5-2-6-12-18)22(24)25-23(17,19-13-7-3-8-14-19)20-15-9-4-10-16-20/h2-16H,1H3. The van der Waals surface area contributed by atoms with Gasteiger partial charge in [0.05, 0.1) is 5.57 Å². The Labute approximate surface area is 147 Å². The highest BCUT2D eigenvalue weighted by atomic mass is 16.6. The second kappa shape index (κ2) is 6.06. The van der Waals surface area contributed by atoms with Gasteiger partial charge >= 0.3 is 5.97 Å². The number of benzene rings is 3. The summed E-state index contributed by atoms with van der Waals surface area (Å²) < 4.78 is 6.09. The molecule has 0 amide bonds. The molecular weight excluding hydrogens is 308 g/mol. The molecule has 0 fully saturated rings. The zero-order valence-electron chi connectivity index (χ0n) is 14.0. The third-order valence-corrected chi connectivity index (χ3v) is 4.78. The van der Waals surface area contributed by atoms with E-state index in [1.54, 1.807) is 0 Å². The van der Waals surface area contributed by atoms with E-state index in [1.165, 1.54) is 0 Å². The van der Waals surface area contributed by atoms with E-state index in [-0.39, 0.29) is 5.97 Å². The van der Waals surface area contributed by atoms with Gasteiger partial charge in [0.25, 0.3) is 0 Å². The molecule has 3 aromatic carbocycles. The lowest BCUT2D eigenvalue weighted by Crippen LogP contribution is -2.30. The van der Waals surface area contributed by atoms with Crippen molar-refractivity contribution in [3.8, 4) is 0 Å². The maximum Gasteiger partial charge on any atom is 0.340 e. The Bertz CT molecular complexity index is 886. The fourth-order valence-electron chi connectivity index (χ4n) is 3.60. The van der Waals surface area contributed by atoms with Crippen LogP contribution in [0.15, 0.2) is 96.6 Å². The molecule has 0 unspecified atom stereocenters. The summed E-state index contributed by atoms with van der Waals surface area (Å²) in [5, 5.41) is 0. The van der Waals surface area contributed by atoms with Crippen molar-refractivity contribution < 1.29 is 9.53 Å². The third-order valence-electron chi connectivity index (χ3n) is 4.78. The summed E-state index contributed by atoms with van der Waals surface area (Å²) in [6, 6.07) is 29.6. The van der Waals surface area contributed by atoms with Crippen LogP contribution in [0.4, 0.5) is 0 Å². The molecule has 4 rings (SSSR count). The van der Waals surface area contributed by atoms with Crippen LogP contribution in [-0.2, 0) is 15.1 Å². The highest BCUT2D eigenvalue weighted by Gasteiger charge is 2.48. The average Bonchev–Trinajstić information content (AvgIpc) is 2.95. The molecule has 25 heavy (non-hydrogen) atoms. The summed E-state index contributed by atoms with van der Waals surface area (Å²) in [4.78, 5) is 12.9. The van der Waals surface area contributed by atoms with Gasteiger partial charge in [-0.3, -0.25) is 0 Å². The number of ether oxygens (including phenoxy) is 1. The molecule has 0 saturated carbocycles. The first kappa shape index (κ1) is 15.4. The van der Waals surface area contributed by atoms with Crippen LogP contribution in [0.1, 0.15) is 23.6 Å². The number of carbonyl (C=O) groups excluding carboxylic acids is 1. The summed E-state index contributed by atoms with van der Waals surface area (Å²) in [5.41, 5.74) is 3.48. The largest absolute Gasteiger partial charge is 0.441 e. The molecule has 0 radical (unpaired) electrons. The molecule has 1 heterocycles. The maximum absolute atomic E-state index is 12.9. The number of hydrogen-bond donors (Lipinski definition) is 0. The van der Waals surface area contributed by atoms with Crippen LogP contribution < -0.4 is 0 Å². The lowest BCUT2D eigenvalue weighted by atomic mass is 9.79. The van der Waals surface area contributed by atoms with E-state index in [4.69, 9.17) is 4.74 Å². The topological polar surface area (TPSA) is 26.3 Å². The fourth-order valence-corrected chi connectivity index (χ4v) is 3.60. The normalized spacial score (nSPS) is 16.0. The van der Waals surface area contributed by atoms with Crippen LogP contribution in [0, 0.1) is 0 Å². The van der Waals surface area contributed by atoms with Crippen LogP contribution >= 0.6 is 0 Å². The summed E-state index contributed by atoms with van der Waals surface area (Å²) in [6.07, 6.45) is 0. The lowest BCUT2D eigenvalue weighted by molar-refractivity contribution is -0.143. The van der Waals surface area contributed by atoms with Crippen LogP contribution in [0.25, 0.3) is 5.57 Å². The quantitative estimate of drug-likeness (QED) is 0.636. The Balaban J connectivity index is 2.00. The van der Waals surface area contributed by atoms with E-state index < -0.39 is 5.60 Å². The molecule has 2 nitrogen and oxygen atoms in total. The molecule has 0 aliphatic carbocycles. The van der Waals surface area contributed by atoms with Gasteiger partial charge in [-0.15, -0.1) is 0 Å². The van der Waals surface area contributed by atoms with Crippen molar-refractivity contribution in [3.05, 3.63) is 113 Å². The monoisotopic (exact) mass is 326 g/mol. The average molecular weight is 326 g/mol. The van der Waals surface area contributed by atoms with Crippen molar-refractivity contribution in [2.75, 3.05) is 0 Å². The van der Waals surface area contributed by atoms with Gasteiger partial charge in [-0.2, -0.15) is 0 Å². The van der Waals surface area contributed by atoms with Gasteiger partial charge in [0.1, 0.15) is 0 Å². The van der Waals surface area contributed by atoms with Gasteiger partial charge in [0.2, 0.25) is 0 Å². The van der Waals surface area contributed by atoms with Crippen LogP contribution in [0.3, 0.4) is 0 Å². The summed E-state index contributed by atoms with van der Waals surface area (Å²) in [5.74, 6) is -0.281. The van der Waals surface area contributed by atoms with Gasteiger partial charge in [-0.25, -0.2) is 4.79 Å². The molecule has 0 atom stereocenters. The number of carbonyl (C=O) groups is 1. The Morgan fingerprint density at radius 3 is 1.60 bits per heavy atom. The highest BCUT2D eigenvalue weighted by Crippen LogP contribution is 2.48. The smallest absolute Gasteiger partial charge is 0.340 e. The molecule has 0 saturated heterocycles. The first-order valence-electron chi connectivity index (χ1n) is 8.34. The molecule has 0 aromatic heterocycles. The molecule has 2 heteroatoms. The van der Waals surface area contributed by atoms with Crippen molar-refractivity contribution in [3.63, 3.8) is 0 Å². The first-order chi connectivity index (χ1) is 12.2. The Kier molecular flexibility index (Phi) is 3.73. The van der Waals surface area contributed by atoms with E-state index in [2.05, 4.69) is 0 Å². The summed E-state index contributed by atoms with van der Waals surface area (Å²) >= 11 is 0. The highest BCUT2D eigenvalue weighted by molar-refractivity contribution is 6.20. The van der Waals surface area contributed by atoms with Crippen molar-refractivity contribution in [1.29, 1.82) is 0 Å². The second-order valence-corrected chi connectivity index (χ2v) is 6.17. The summed E-state index contributed by atoms with van der Waals surface area (Å²) in [7, 11) is 0. The number of cyclic esters (lactones) is 1. The zero-order chi connectivity index (χ0) is 17.3. The molecule has 0 spiro atoms. The van der Waals surface area contributed by atoms with Crippen LogP contribution in [0.5, 0.6) is 0 Å². The molecule has 1 aliphatic rings. The fraction of sp³-hybridized carbons (Fsp3) is 0.0870.